The van der Waals surface area contributed by atoms with Crippen LogP contribution in [0.25, 0.3) is 22.2 Å². The van der Waals surface area contributed by atoms with Crippen LogP contribution in [0.4, 0.5) is 28.0 Å². The first-order valence-electron chi connectivity index (χ1n) is 13.0. The molecule has 2 atom stereocenters. The zero-order valence-corrected chi connectivity index (χ0v) is 23.9. The Hall–Kier alpha value is -5.02. The lowest BCUT2D eigenvalue weighted by Gasteiger charge is -2.31. The van der Waals surface area contributed by atoms with Gasteiger partial charge in [0.2, 0.25) is 11.5 Å². The van der Waals surface area contributed by atoms with Crippen molar-refractivity contribution in [3.05, 3.63) is 82.4 Å². The van der Waals surface area contributed by atoms with Gasteiger partial charge in [0.05, 0.1) is 28.5 Å². The van der Waals surface area contributed by atoms with Gasteiger partial charge in [-0.3, -0.25) is 14.6 Å². The van der Waals surface area contributed by atoms with Crippen LogP contribution in [0.5, 0.6) is 5.75 Å². The van der Waals surface area contributed by atoms with E-state index in [-0.39, 0.29) is 56.4 Å². The van der Waals surface area contributed by atoms with Crippen molar-refractivity contribution in [2.75, 3.05) is 18.5 Å². The Balaban J connectivity index is 1.59. The standard InChI is InChI=1S/C29H23ClF4N6O5/c1-27(25(35)42)12-45-23-18(27)9-20(40-22(23)13-2-4-17(31)5-3-13)28(44,29(32,33)34)11-38-24(41)15-6-14-7-16(30)10-37-21(14)19(8-15)39-26(36)43/h2-10,44H,11-12H2,1H3,(H2,35,42)(H,38,41)(H3,36,39,43)/t27-,28?/m0/s1. The number of primary amides is 2. The minimum atomic E-state index is -5.43. The number of benzene rings is 2. The van der Waals surface area contributed by atoms with Crippen molar-refractivity contribution in [2.24, 2.45) is 11.5 Å². The van der Waals surface area contributed by atoms with Crippen LogP contribution in [0.3, 0.4) is 0 Å². The number of fused-ring (bicyclic) bond motifs is 2. The molecule has 45 heavy (non-hydrogen) atoms. The molecule has 3 heterocycles. The van der Waals surface area contributed by atoms with Gasteiger partial charge >= 0.3 is 12.2 Å². The lowest BCUT2D eigenvalue weighted by molar-refractivity contribution is -0.265. The highest BCUT2D eigenvalue weighted by molar-refractivity contribution is 6.31. The van der Waals surface area contributed by atoms with E-state index >= 15 is 0 Å². The number of rotatable bonds is 7. The molecule has 1 unspecified atom stereocenters. The molecule has 0 fully saturated rings. The number of nitrogens with two attached hydrogens (primary N) is 2. The molecule has 0 bridgehead atoms. The van der Waals surface area contributed by atoms with E-state index in [9.17, 15) is 37.1 Å². The fourth-order valence-electron chi connectivity index (χ4n) is 4.83. The van der Waals surface area contributed by atoms with Crippen LogP contribution >= 0.6 is 11.6 Å². The highest BCUT2D eigenvalue weighted by atomic mass is 35.5. The molecule has 234 valence electrons. The van der Waals surface area contributed by atoms with Gasteiger partial charge in [0.25, 0.3) is 5.91 Å². The monoisotopic (exact) mass is 646 g/mol. The van der Waals surface area contributed by atoms with Gasteiger partial charge in [-0.25, -0.2) is 14.2 Å². The zero-order chi connectivity index (χ0) is 32.9. The van der Waals surface area contributed by atoms with E-state index in [1.54, 1.807) is 0 Å². The number of pyridine rings is 2. The third-order valence-corrected chi connectivity index (χ3v) is 7.61. The van der Waals surface area contributed by atoms with Crippen LogP contribution in [0.2, 0.25) is 5.02 Å². The van der Waals surface area contributed by atoms with Gasteiger partial charge in [0.1, 0.15) is 29.3 Å². The number of aliphatic hydroxyl groups is 1. The van der Waals surface area contributed by atoms with Crippen molar-refractivity contribution in [3.8, 4) is 17.0 Å². The number of ether oxygens (including phenoxy) is 1. The molecule has 0 radical (unpaired) electrons. The summed E-state index contributed by atoms with van der Waals surface area (Å²) in [6.45, 7) is -0.421. The first-order chi connectivity index (χ1) is 21.0. The van der Waals surface area contributed by atoms with Crippen LogP contribution in [0.15, 0.2) is 54.7 Å². The summed E-state index contributed by atoms with van der Waals surface area (Å²) in [6.07, 6.45) is -4.15. The summed E-state index contributed by atoms with van der Waals surface area (Å²) in [5.74, 6) is -2.71. The molecule has 11 nitrogen and oxygen atoms in total. The quantitative estimate of drug-likeness (QED) is 0.189. The fourth-order valence-corrected chi connectivity index (χ4v) is 5.00. The van der Waals surface area contributed by atoms with E-state index in [1.165, 1.54) is 37.4 Å². The number of urea groups is 1. The molecular weight excluding hydrogens is 624 g/mol. The Morgan fingerprint density at radius 3 is 2.42 bits per heavy atom. The normalized spacial score (nSPS) is 17.2. The molecule has 0 saturated heterocycles. The molecule has 4 amide bonds. The van der Waals surface area contributed by atoms with Gasteiger partial charge in [-0.2, -0.15) is 13.2 Å². The largest absolute Gasteiger partial charge is 0.489 e. The first-order valence-corrected chi connectivity index (χ1v) is 13.4. The number of halogens is 5. The summed E-state index contributed by atoms with van der Waals surface area (Å²) in [7, 11) is 0. The van der Waals surface area contributed by atoms with E-state index < -0.39 is 53.1 Å². The Labute approximate surface area is 256 Å². The highest BCUT2D eigenvalue weighted by Crippen LogP contribution is 2.47. The lowest BCUT2D eigenvalue weighted by Crippen LogP contribution is -2.51. The summed E-state index contributed by atoms with van der Waals surface area (Å²) >= 11 is 6.00. The number of anilines is 1. The van der Waals surface area contributed by atoms with Gasteiger partial charge in [-0.15, -0.1) is 0 Å². The molecule has 0 spiro atoms. The summed E-state index contributed by atoms with van der Waals surface area (Å²) < 4.78 is 63.4. The summed E-state index contributed by atoms with van der Waals surface area (Å²) in [5.41, 5.74) is 4.12. The van der Waals surface area contributed by atoms with Crippen molar-refractivity contribution in [2.45, 2.75) is 24.1 Å². The molecule has 2 aromatic carbocycles. The zero-order valence-electron chi connectivity index (χ0n) is 23.1. The predicted octanol–water partition coefficient (Wildman–Crippen LogP) is 3.90. The highest BCUT2D eigenvalue weighted by Gasteiger charge is 2.57. The van der Waals surface area contributed by atoms with E-state index in [4.69, 9.17) is 27.8 Å². The second-order valence-electron chi connectivity index (χ2n) is 10.5. The lowest BCUT2D eigenvalue weighted by atomic mass is 9.81. The van der Waals surface area contributed by atoms with E-state index in [1.807, 2.05) is 0 Å². The number of nitrogens with one attached hydrogen (secondary N) is 2. The van der Waals surface area contributed by atoms with Gasteiger partial charge in [-0.05, 0) is 55.5 Å². The molecule has 4 aromatic rings. The number of carbonyl (C=O) groups excluding carboxylic acids is 3. The Morgan fingerprint density at radius 2 is 1.80 bits per heavy atom. The minimum absolute atomic E-state index is 0.0251. The smallest absolute Gasteiger partial charge is 0.424 e. The van der Waals surface area contributed by atoms with Crippen LogP contribution < -0.4 is 26.8 Å². The molecule has 1 aliphatic heterocycles. The number of hydrogen-bond donors (Lipinski definition) is 5. The number of hydrogen-bond acceptors (Lipinski definition) is 7. The van der Waals surface area contributed by atoms with E-state index in [2.05, 4.69) is 20.6 Å². The number of nitrogens with zero attached hydrogens (tertiary/aromatic N) is 2. The summed E-state index contributed by atoms with van der Waals surface area (Å²) in [5, 5.41) is 16.0. The average molecular weight is 647 g/mol. The first kappa shape index (κ1) is 31.4. The van der Waals surface area contributed by atoms with Crippen LogP contribution in [-0.2, 0) is 15.8 Å². The van der Waals surface area contributed by atoms with E-state index in [0.717, 1.165) is 24.3 Å². The van der Waals surface area contributed by atoms with Gasteiger partial charge in [0, 0.05) is 28.3 Å². The third-order valence-electron chi connectivity index (χ3n) is 7.40. The van der Waals surface area contributed by atoms with Crippen molar-refractivity contribution >= 4 is 46.0 Å². The Kier molecular flexibility index (Phi) is 7.79. The molecule has 16 heteroatoms. The summed E-state index contributed by atoms with van der Waals surface area (Å²) in [6, 6.07) is 8.20. The number of carbonyl (C=O) groups is 3. The van der Waals surface area contributed by atoms with Crippen LogP contribution in [0.1, 0.15) is 28.5 Å². The van der Waals surface area contributed by atoms with Crippen molar-refractivity contribution in [1.82, 2.24) is 15.3 Å². The fraction of sp³-hybridized carbons (Fsp3) is 0.207. The van der Waals surface area contributed by atoms with Gasteiger partial charge in [-0.1, -0.05) is 11.6 Å². The molecule has 5 rings (SSSR count). The molecule has 1 aliphatic rings. The minimum Gasteiger partial charge on any atom is -0.489 e. The molecule has 0 saturated carbocycles. The Bertz CT molecular complexity index is 1870. The maximum Gasteiger partial charge on any atom is 0.424 e. The SMILES string of the molecule is C[C@]1(C(N)=O)COc2c1cc(C(O)(CNC(=O)c1cc(NC(N)=O)c3ncc(Cl)cc3c1)C(F)(F)F)nc2-c1ccc(F)cc1. The molecule has 0 aliphatic carbocycles. The van der Waals surface area contributed by atoms with E-state index in [0.29, 0.717) is 0 Å². The van der Waals surface area contributed by atoms with Gasteiger partial charge < -0.3 is 31.9 Å². The molecular formula is C29H23ClF4N6O5. The summed E-state index contributed by atoms with van der Waals surface area (Å²) in [4.78, 5) is 45.3. The van der Waals surface area contributed by atoms with Crippen LogP contribution in [0, 0.1) is 5.82 Å². The number of alkyl halides is 3. The van der Waals surface area contributed by atoms with Crippen molar-refractivity contribution < 1.29 is 41.8 Å². The van der Waals surface area contributed by atoms with Crippen LogP contribution in [-0.4, -0.2) is 52.2 Å². The second kappa shape index (κ2) is 11.2. The topological polar surface area (TPSA) is 183 Å². The molecule has 2 aromatic heterocycles. The van der Waals surface area contributed by atoms with Crippen molar-refractivity contribution in [1.29, 1.82) is 0 Å². The predicted molar refractivity (Wildman–Crippen MR) is 154 cm³/mol. The Morgan fingerprint density at radius 1 is 1.11 bits per heavy atom. The van der Waals surface area contributed by atoms with Gasteiger partial charge in [0.15, 0.2) is 0 Å². The third kappa shape index (κ3) is 5.67. The maximum atomic E-state index is 14.7. The number of aromatic nitrogens is 2. The molecule has 7 N–H and O–H groups in total. The average Bonchev–Trinajstić information content (AvgIpc) is 3.32. The second-order valence-corrected chi connectivity index (χ2v) is 10.9. The van der Waals surface area contributed by atoms with Crippen molar-refractivity contribution in [3.63, 3.8) is 0 Å². The number of amides is 4. The maximum absolute atomic E-state index is 14.7.